The second-order valence-electron chi connectivity index (χ2n) is 6.17. The average Bonchev–Trinajstić information content (AvgIpc) is 2.65. The quantitative estimate of drug-likeness (QED) is 0.439. The Balaban J connectivity index is 2.01. The molecule has 0 aliphatic carbocycles. The highest BCUT2D eigenvalue weighted by molar-refractivity contribution is 6.15. The lowest BCUT2D eigenvalue weighted by molar-refractivity contribution is 0.0692. The molecular formula is C18H16N6O5. The topological polar surface area (TPSA) is 181 Å². The van der Waals surface area contributed by atoms with Gasteiger partial charge in [-0.05, 0) is 26.0 Å². The number of nitrogens with zero attached hydrogens (tertiary/aromatic N) is 3. The van der Waals surface area contributed by atoms with E-state index in [1.807, 2.05) is 0 Å². The Labute approximate surface area is 163 Å². The Bertz CT molecular complexity index is 1230. The van der Waals surface area contributed by atoms with Crippen LogP contribution < -0.4 is 16.6 Å². The lowest BCUT2D eigenvalue weighted by atomic mass is 9.94. The number of Topliss-reactive ketones (excluding diaryl/α,β-unsaturated/α-hetero) is 2. The monoisotopic (exact) mass is 396 g/mol. The third-order valence-electron chi connectivity index (χ3n) is 4.09. The second kappa shape index (κ2) is 7.46. The molecule has 29 heavy (non-hydrogen) atoms. The van der Waals surface area contributed by atoms with Gasteiger partial charge in [0.25, 0.3) is 5.56 Å². The van der Waals surface area contributed by atoms with Gasteiger partial charge in [-0.1, -0.05) is 0 Å². The number of aromatic carboxylic acids is 1. The minimum atomic E-state index is -1.31. The normalized spacial score (nSPS) is 10.7. The zero-order valence-corrected chi connectivity index (χ0v) is 15.4. The number of carbonyl (C=O) groups excluding carboxylic acids is 2. The van der Waals surface area contributed by atoms with Crippen LogP contribution in [0.15, 0.2) is 23.1 Å². The summed E-state index contributed by atoms with van der Waals surface area (Å²) in [5.74, 6) is -2.40. The van der Waals surface area contributed by atoms with E-state index < -0.39 is 23.1 Å². The van der Waals surface area contributed by atoms with Crippen molar-refractivity contribution in [2.75, 3.05) is 11.1 Å². The van der Waals surface area contributed by atoms with Crippen molar-refractivity contribution in [1.82, 2.24) is 19.9 Å². The molecule has 0 unspecified atom stereocenters. The highest BCUT2D eigenvalue weighted by Crippen LogP contribution is 2.26. The summed E-state index contributed by atoms with van der Waals surface area (Å²) >= 11 is 0. The lowest BCUT2D eigenvalue weighted by Gasteiger charge is -2.15. The maximum absolute atomic E-state index is 12.2. The molecule has 0 spiro atoms. The minimum Gasteiger partial charge on any atom is -0.478 e. The van der Waals surface area contributed by atoms with Gasteiger partial charge in [-0.3, -0.25) is 19.4 Å². The van der Waals surface area contributed by atoms with Crippen molar-refractivity contribution in [1.29, 1.82) is 0 Å². The summed E-state index contributed by atoms with van der Waals surface area (Å²) in [7, 11) is 0. The van der Waals surface area contributed by atoms with Crippen LogP contribution in [0.1, 0.15) is 50.6 Å². The number of carbonyl (C=O) groups is 3. The van der Waals surface area contributed by atoms with Crippen molar-refractivity contribution in [3.8, 4) is 0 Å². The largest absolute Gasteiger partial charge is 0.478 e. The summed E-state index contributed by atoms with van der Waals surface area (Å²) < 4.78 is 0. The maximum atomic E-state index is 12.2. The van der Waals surface area contributed by atoms with Gasteiger partial charge in [0.15, 0.2) is 22.7 Å². The smallest absolute Gasteiger partial charge is 0.336 e. The molecule has 0 aliphatic rings. The predicted octanol–water partition coefficient (Wildman–Crippen LogP) is 1.01. The van der Waals surface area contributed by atoms with E-state index in [9.17, 15) is 24.3 Å². The van der Waals surface area contributed by atoms with Crippen LogP contribution in [-0.2, 0) is 6.54 Å². The fourth-order valence-corrected chi connectivity index (χ4v) is 2.90. The van der Waals surface area contributed by atoms with Crippen LogP contribution in [-0.4, -0.2) is 42.6 Å². The lowest BCUT2D eigenvalue weighted by Crippen LogP contribution is -2.17. The molecule has 0 amide bonds. The van der Waals surface area contributed by atoms with Crippen molar-refractivity contribution >= 4 is 40.3 Å². The van der Waals surface area contributed by atoms with E-state index in [0.29, 0.717) is 5.69 Å². The highest BCUT2D eigenvalue weighted by Gasteiger charge is 2.23. The molecule has 0 aliphatic heterocycles. The van der Waals surface area contributed by atoms with Crippen LogP contribution in [0.2, 0.25) is 0 Å². The van der Waals surface area contributed by atoms with Crippen molar-refractivity contribution in [3.05, 3.63) is 51.1 Å². The Hall–Kier alpha value is -4.15. The zero-order valence-electron chi connectivity index (χ0n) is 15.4. The van der Waals surface area contributed by atoms with Gasteiger partial charge in [0.05, 0.1) is 29.6 Å². The summed E-state index contributed by atoms with van der Waals surface area (Å²) in [5, 5.41) is 12.3. The Morgan fingerprint density at radius 1 is 1.14 bits per heavy atom. The van der Waals surface area contributed by atoms with Gasteiger partial charge in [-0.25, -0.2) is 14.8 Å². The molecule has 0 atom stereocenters. The van der Waals surface area contributed by atoms with Crippen LogP contribution >= 0.6 is 0 Å². The first-order chi connectivity index (χ1) is 13.7. The number of H-pyrrole nitrogens is 1. The molecule has 0 saturated carbocycles. The van der Waals surface area contributed by atoms with E-state index in [1.165, 1.54) is 32.2 Å². The summed E-state index contributed by atoms with van der Waals surface area (Å²) in [4.78, 5) is 62.0. The summed E-state index contributed by atoms with van der Waals surface area (Å²) in [5.41, 5.74) is 5.17. The third kappa shape index (κ3) is 3.78. The van der Waals surface area contributed by atoms with Crippen LogP contribution in [0.3, 0.4) is 0 Å². The maximum Gasteiger partial charge on any atom is 0.336 e. The summed E-state index contributed by atoms with van der Waals surface area (Å²) in [6.45, 7) is 2.48. The van der Waals surface area contributed by atoms with Crippen molar-refractivity contribution in [2.24, 2.45) is 0 Å². The predicted molar refractivity (Wildman–Crippen MR) is 103 cm³/mol. The van der Waals surface area contributed by atoms with E-state index in [2.05, 4.69) is 25.3 Å². The fourth-order valence-electron chi connectivity index (χ4n) is 2.90. The number of nitrogen functional groups attached to an aromatic ring is 1. The van der Waals surface area contributed by atoms with Crippen molar-refractivity contribution < 1.29 is 19.5 Å². The molecule has 5 N–H and O–H groups in total. The first-order valence-electron chi connectivity index (χ1n) is 8.36. The molecule has 3 rings (SSSR count). The molecule has 0 radical (unpaired) electrons. The summed E-state index contributed by atoms with van der Waals surface area (Å²) in [6.07, 6.45) is 1.38. The Kier molecular flexibility index (Phi) is 5.05. The SMILES string of the molecule is CC(=O)c1c(NCc2cnc3nc(N)[nH]c(=O)c3n2)ccc(C(=O)O)c1C(C)=O. The van der Waals surface area contributed by atoms with Gasteiger partial charge >= 0.3 is 5.97 Å². The molecule has 2 aromatic heterocycles. The molecule has 2 heterocycles. The van der Waals surface area contributed by atoms with E-state index in [1.54, 1.807) is 0 Å². The number of nitrogens with two attached hydrogens (primary N) is 1. The number of ketones is 2. The van der Waals surface area contributed by atoms with E-state index in [4.69, 9.17) is 5.73 Å². The molecule has 0 fully saturated rings. The molecule has 148 valence electrons. The number of anilines is 2. The highest BCUT2D eigenvalue weighted by atomic mass is 16.4. The number of benzene rings is 1. The molecule has 11 nitrogen and oxygen atoms in total. The number of rotatable bonds is 6. The molecule has 3 aromatic rings. The fraction of sp³-hybridized carbons (Fsp3) is 0.167. The number of aromatic amines is 1. The van der Waals surface area contributed by atoms with Crippen LogP contribution in [0.4, 0.5) is 11.6 Å². The van der Waals surface area contributed by atoms with E-state index >= 15 is 0 Å². The Morgan fingerprint density at radius 3 is 2.45 bits per heavy atom. The van der Waals surface area contributed by atoms with E-state index in [-0.39, 0.29) is 46.0 Å². The number of hydrogen-bond donors (Lipinski definition) is 4. The van der Waals surface area contributed by atoms with Gasteiger partial charge in [0.2, 0.25) is 5.95 Å². The molecular weight excluding hydrogens is 380 g/mol. The molecule has 11 heteroatoms. The minimum absolute atomic E-state index is 0.00376. The number of hydrogen-bond acceptors (Lipinski definition) is 9. The second-order valence-corrected chi connectivity index (χ2v) is 6.17. The average molecular weight is 396 g/mol. The van der Waals surface area contributed by atoms with Gasteiger partial charge in [-0.15, -0.1) is 0 Å². The first kappa shape index (κ1) is 19.6. The van der Waals surface area contributed by atoms with E-state index in [0.717, 1.165) is 0 Å². The number of carboxylic acid groups (broad SMARTS) is 1. The van der Waals surface area contributed by atoms with Crippen molar-refractivity contribution in [2.45, 2.75) is 20.4 Å². The standard InChI is InChI=1S/C18H16N6O5/c1-7(25)12-10(17(28)29)3-4-11(13(12)8(2)26)20-5-9-6-21-15-14(22-9)16(27)24-18(19)23-15/h3-4,6,20H,5H2,1-2H3,(H,28,29)(H3,19,21,23,24,27). The number of carboxylic acids is 1. The number of aromatic nitrogens is 4. The molecule has 0 bridgehead atoms. The number of nitrogens with one attached hydrogen (secondary N) is 2. The number of fused-ring (bicyclic) bond motifs is 1. The van der Waals surface area contributed by atoms with Gasteiger partial charge < -0.3 is 16.2 Å². The van der Waals surface area contributed by atoms with Gasteiger partial charge in [-0.2, -0.15) is 4.98 Å². The van der Waals surface area contributed by atoms with Crippen LogP contribution in [0.5, 0.6) is 0 Å². The Morgan fingerprint density at radius 2 is 1.83 bits per heavy atom. The summed E-state index contributed by atoms with van der Waals surface area (Å²) in [6, 6.07) is 2.65. The van der Waals surface area contributed by atoms with Gasteiger partial charge in [0, 0.05) is 11.3 Å². The third-order valence-corrected chi connectivity index (χ3v) is 4.09. The van der Waals surface area contributed by atoms with Crippen LogP contribution in [0.25, 0.3) is 11.2 Å². The zero-order chi connectivity index (χ0) is 21.3. The van der Waals surface area contributed by atoms with Crippen LogP contribution in [0, 0.1) is 0 Å². The van der Waals surface area contributed by atoms with Crippen molar-refractivity contribution in [3.63, 3.8) is 0 Å². The molecule has 0 saturated heterocycles. The molecule has 1 aromatic carbocycles. The first-order valence-corrected chi connectivity index (χ1v) is 8.36. The van der Waals surface area contributed by atoms with Gasteiger partial charge in [0.1, 0.15) is 0 Å².